The Kier molecular flexibility index (Phi) is 10.1. The van der Waals surface area contributed by atoms with Gasteiger partial charge in [-0.3, -0.25) is 4.90 Å². The summed E-state index contributed by atoms with van der Waals surface area (Å²) in [5.74, 6) is 4.19. The molecule has 4 rings (SSSR count). The molecular weight excluding hydrogens is 520 g/mol. The van der Waals surface area contributed by atoms with Crippen molar-refractivity contribution >= 4 is 0 Å². The molecule has 41 heavy (non-hydrogen) atoms. The Hall–Kier alpha value is -3.31. The van der Waals surface area contributed by atoms with Gasteiger partial charge in [0.2, 0.25) is 11.5 Å². The molecule has 0 N–H and O–H groups in total. The Balaban J connectivity index is 1.59. The standard InChI is InChI=1S/C33H46N2O6/c1-8-22(9-2)33(21-34,32-40-26-16-12-13-17-27(26)41-32)18-14-15-23-19-24-25(20-35(23)5)29(39-11-4)31(37-7)30(36-6)28(24)38-10-3/h12-13,16-17,22-23,32H,8-11,14-15,18-20H2,1-7H3. The van der Waals surface area contributed by atoms with Crippen LogP contribution in [0.25, 0.3) is 0 Å². The van der Waals surface area contributed by atoms with Gasteiger partial charge in [-0.25, -0.2) is 0 Å². The minimum atomic E-state index is -0.747. The second-order valence-electron chi connectivity index (χ2n) is 10.9. The van der Waals surface area contributed by atoms with E-state index in [0.29, 0.717) is 49.2 Å². The van der Waals surface area contributed by atoms with E-state index < -0.39 is 11.7 Å². The van der Waals surface area contributed by atoms with Crippen molar-refractivity contribution in [3.63, 3.8) is 0 Å². The van der Waals surface area contributed by atoms with Crippen LogP contribution in [0.1, 0.15) is 70.9 Å². The van der Waals surface area contributed by atoms with Crippen LogP contribution in [0.2, 0.25) is 0 Å². The predicted octanol–water partition coefficient (Wildman–Crippen LogP) is 6.77. The van der Waals surface area contributed by atoms with Crippen LogP contribution in [0, 0.1) is 22.7 Å². The highest BCUT2D eigenvalue weighted by Gasteiger charge is 2.50. The van der Waals surface area contributed by atoms with Gasteiger partial charge in [0.05, 0.1) is 33.5 Å². The normalized spacial score (nSPS) is 18.0. The molecule has 0 bridgehead atoms. The minimum absolute atomic E-state index is 0.159. The van der Waals surface area contributed by atoms with Crippen LogP contribution in [0.5, 0.6) is 34.5 Å². The van der Waals surface area contributed by atoms with E-state index in [4.69, 9.17) is 28.4 Å². The molecule has 224 valence electrons. The van der Waals surface area contributed by atoms with Gasteiger partial charge in [0.1, 0.15) is 5.41 Å². The third-order valence-electron chi connectivity index (χ3n) is 8.78. The second kappa shape index (κ2) is 13.6. The molecule has 2 aromatic carbocycles. The first-order valence-corrected chi connectivity index (χ1v) is 15.0. The van der Waals surface area contributed by atoms with Crippen LogP contribution in [0.15, 0.2) is 24.3 Å². The topological polar surface area (TPSA) is 82.4 Å². The van der Waals surface area contributed by atoms with Crippen LogP contribution >= 0.6 is 0 Å². The van der Waals surface area contributed by atoms with Crippen molar-refractivity contribution in [1.29, 1.82) is 5.26 Å². The summed E-state index contributed by atoms with van der Waals surface area (Å²) < 4.78 is 36.4. The van der Waals surface area contributed by atoms with Crippen LogP contribution < -0.4 is 28.4 Å². The molecule has 8 nitrogen and oxygen atoms in total. The Morgan fingerprint density at radius 2 is 1.49 bits per heavy atom. The summed E-state index contributed by atoms with van der Waals surface area (Å²) in [5, 5.41) is 10.7. The highest BCUT2D eigenvalue weighted by Crippen LogP contribution is 2.52. The summed E-state index contributed by atoms with van der Waals surface area (Å²) in [4.78, 5) is 2.37. The Morgan fingerprint density at radius 3 is 1.98 bits per heavy atom. The summed E-state index contributed by atoms with van der Waals surface area (Å²) in [6.45, 7) is 10.0. The number of nitrogens with zero attached hydrogens (tertiary/aromatic N) is 2. The molecule has 2 atom stereocenters. The average molecular weight is 567 g/mol. The van der Waals surface area contributed by atoms with Gasteiger partial charge in [0.25, 0.3) is 6.29 Å². The van der Waals surface area contributed by atoms with Crippen molar-refractivity contribution < 1.29 is 28.4 Å². The third-order valence-corrected chi connectivity index (χ3v) is 8.78. The van der Waals surface area contributed by atoms with Gasteiger partial charge in [-0.05, 0) is 64.6 Å². The molecule has 0 radical (unpaired) electrons. The number of para-hydroxylation sites is 2. The molecule has 0 aliphatic carbocycles. The van der Waals surface area contributed by atoms with Crippen molar-refractivity contribution in [2.75, 3.05) is 34.5 Å². The number of hydrogen-bond donors (Lipinski definition) is 0. The summed E-state index contributed by atoms with van der Waals surface area (Å²) in [7, 11) is 5.42. The Labute approximate surface area is 245 Å². The maximum Gasteiger partial charge on any atom is 0.260 e. The lowest BCUT2D eigenvalue weighted by Crippen LogP contribution is -2.46. The SMILES string of the molecule is CCOc1c2c(c(OCC)c(OC)c1OC)CN(C)C(CCCC(C#N)(C(CC)CC)C1Oc3ccccc3O1)C2. The van der Waals surface area contributed by atoms with E-state index in [1.54, 1.807) is 14.2 Å². The Morgan fingerprint density at radius 1 is 0.927 bits per heavy atom. The molecule has 0 amide bonds. The molecule has 0 spiro atoms. The number of hydrogen-bond acceptors (Lipinski definition) is 8. The molecule has 0 saturated heterocycles. The Bertz CT molecular complexity index is 1200. The monoisotopic (exact) mass is 566 g/mol. The number of methoxy groups -OCH3 is 2. The molecule has 2 heterocycles. The summed E-state index contributed by atoms with van der Waals surface area (Å²) in [5.41, 5.74) is 1.45. The van der Waals surface area contributed by atoms with E-state index >= 15 is 0 Å². The molecule has 2 aromatic rings. The third kappa shape index (κ3) is 5.74. The molecule has 0 aromatic heterocycles. The summed E-state index contributed by atoms with van der Waals surface area (Å²) in [6, 6.07) is 10.7. The number of benzene rings is 2. The van der Waals surface area contributed by atoms with Gasteiger partial charge >= 0.3 is 0 Å². The van der Waals surface area contributed by atoms with Crippen molar-refractivity contribution in [1.82, 2.24) is 4.90 Å². The van der Waals surface area contributed by atoms with Crippen LogP contribution in [-0.2, 0) is 13.0 Å². The van der Waals surface area contributed by atoms with Gasteiger partial charge in [-0.1, -0.05) is 38.8 Å². The number of ether oxygens (including phenoxy) is 6. The van der Waals surface area contributed by atoms with Gasteiger partial charge in [0.15, 0.2) is 23.0 Å². The molecule has 2 aliphatic heterocycles. The zero-order valence-electron chi connectivity index (χ0n) is 25.7. The lowest BCUT2D eigenvalue weighted by molar-refractivity contribution is -0.0742. The quantitative estimate of drug-likeness (QED) is 0.248. The van der Waals surface area contributed by atoms with Crippen LogP contribution in [-0.4, -0.2) is 51.7 Å². The van der Waals surface area contributed by atoms with E-state index in [0.717, 1.165) is 54.7 Å². The molecule has 0 saturated carbocycles. The van der Waals surface area contributed by atoms with Gasteiger partial charge in [-0.2, -0.15) is 5.26 Å². The largest absolute Gasteiger partial charge is 0.490 e. The predicted molar refractivity (Wildman–Crippen MR) is 158 cm³/mol. The maximum atomic E-state index is 10.7. The van der Waals surface area contributed by atoms with Gasteiger partial charge in [-0.15, -0.1) is 0 Å². The van der Waals surface area contributed by atoms with Crippen LogP contribution in [0.3, 0.4) is 0 Å². The minimum Gasteiger partial charge on any atom is -0.490 e. The van der Waals surface area contributed by atoms with Crippen LogP contribution in [0.4, 0.5) is 0 Å². The lowest BCUT2D eigenvalue weighted by Gasteiger charge is -2.39. The molecule has 2 unspecified atom stereocenters. The first-order chi connectivity index (χ1) is 19.9. The highest BCUT2D eigenvalue weighted by molar-refractivity contribution is 5.68. The van der Waals surface area contributed by atoms with E-state index in [2.05, 4.69) is 31.9 Å². The highest BCUT2D eigenvalue weighted by atomic mass is 16.7. The lowest BCUT2D eigenvalue weighted by atomic mass is 9.69. The summed E-state index contributed by atoms with van der Waals surface area (Å²) >= 11 is 0. The number of nitriles is 1. The number of rotatable bonds is 14. The number of fused-ring (bicyclic) bond motifs is 2. The molecular formula is C33H46N2O6. The van der Waals surface area contributed by atoms with Gasteiger partial charge in [0, 0.05) is 23.7 Å². The first kappa shape index (κ1) is 30.6. The second-order valence-corrected chi connectivity index (χ2v) is 10.9. The smallest absolute Gasteiger partial charge is 0.260 e. The zero-order valence-corrected chi connectivity index (χ0v) is 25.7. The molecule has 2 aliphatic rings. The van der Waals surface area contributed by atoms with E-state index in [1.165, 1.54) is 0 Å². The van der Waals surface area contributed by atoms with Crippen molar-refractivity contribution in [2.45, 2.75) is 85.1 Å². The fourth-order valence-electron chi connectivity index (χ4n) is 6.67. The van der Waals surface area contributed by atoms with E-state index in [9.17, 15) is 5.26 Å². The van der Waals surface area contributed by atoms with Crippen molar-refractivity contribution in [3.05, 3.63) is 35.4 Å². The van der Waals surface area contributed by atoms with Crippen molar-refractivity contribution in [2.24, 2.45) is 11.3 Å². The maximum absolute atomic E-state index is 10.7. The summed E-state index contributed by atoms with van der Waals surface area (Å²) in [6.07, 6.45) is 4.43. The van der Waals surface area contributed by atoms with Crippen molar-refractivity contribution in [3.8, 4) is 40.6 Å². The van der Waals surface area contributed by atoms with E-state index in [-0.39, 0.29) is 12.0 Å². The first-order valence-electron chi connectivity index (χ1n) is 15.0. The van der Waals surface area contributed by atoms with Gasteiger partial charge < -0.3 is 28.4 Å². The number of likely N-dealkylation sites (N-methyl/N-ethyl adjacent to an activating group) is 1. The molecule has 8 heteroatoms. The van der Waals surface area contributed by atoms with E-state index in [1.807, 2.05) is 38.1 Å². The average Bonchev–Trinajstić information content (AvgIpc) is 3.43. The zero-order chi connectivity index (χ0) is 29.6. The molecule has 0 fully saturated rings. The fraction of sp³-hybridized carbons (Fsp3) is 0.606. The fourth-order valence-corrected chi connectivity index (χ4v) is 6.67.